The largest absolute Gasteiger partial charge is 0.477 e. The second kappa shape index (κ2) is 5.07. The molecule has 0 bridgehead atoms. The van der Waals surface area contributed by atoms with E-state index < -0.39 is 7.12 Å². The molecular formula is C8H11B2O3. The SMILES string of the molecule is CCc1cccc(B(O)O[B]O)c1. The summed E-state index contributed by atoms with van der Waals surface area (Å²) >= 11 is 0. The van der Waals surface area contributed by atoms with Gasteiger partial charge in [-0.3, -0.25) is 0 Å². The van der Waals surface area contributed by atoms with Crippen LogP contribution in [0.2, 0.25) is 0 Å². The maximum Gasteiger partial charge on any atom is 0.477 e. The third-order valence-corrected chi connectivity index (χ3v) is 1.83. The van der Waals surface area contributed by atoms with E-state index in [2.05, 4.69) is 4.57 Å². The van der Waals surface area contributed by atoms with Crippen molar-refractivity contribution >= 4 is 20.3 Å². The van der Waals surface area contributed by atoms with E-state index in [0.29, 0.717) is 13.1 Å². The van der Waals surface area contributed by atoms with E-state index in [1.54, 1.807) is 6.07 Å². The smallest absolute Gasteiger partial charge is 0.450 e. The van der Waals surface area contributed by atoms with Gasteiger partial charge in [-0.05, 0) is 17.4 Å². The maximum atomic E-state index is 9.33. The van der Waals surface area contributed by atoms with E-state index >= 15 is 0 Å². The summed E-state index contributed by atoms with van der Waals surface area (Å²) in [4.78, 5) is 0. The quantitative estimate of drug-likeness (QED) is 0.608. The van der Waals surface area contributed by atoms with Crippen LogP contribution in [0.15, 0.2) is 24.3 Å². The van der Waals surface area contributed by atoms with Crippen molar-refractivity contribution in [1.29, 1.82) is 0 Å². The normalized spacial score (nSPS) is 9.77. The predicted molar refractivity (Wildman–Crippen MR) is 52.5 cm³/mol. The third-order valence-electron chi connectivity index (χ3n) is 1.83. The second-order valence-electron chi connectivity index (χ2n) is 2.69. The number of rotatable bonds is 4. The van der Waals surface area contributed by atoms with Gasteiger partial charge in [0.25, 0.3) is 0 Å². The van der Waals surface area contributed by atoms with Crippen molar-refractivity contribution in [2.45, 2.75) is 13.3 Å². The van der Waals surface area contributed by atoms with Crippen LogP contribution in [0.3, 0.4) is 0 Å². The molecule has 5 heteroatoms. The molecule has 0 spiro atoms. The highest BCUT2D eigenvalue weighted by molar-refractivity contribution is 6.64. The first kappa shape index (κ1) is 10.3. The molecule has 67 valence electrons. The van der Waals surface area contributed by atoms with E-state index in [-0.39, 0.29) is 0 Å². The fraction of sp³-hybridized carbons (Fsp3) is 0.250. The van der Waals surface area contributed by atoms with Crippen LogP contribution in [-0.4, -0.2) is 24.9 Å². The fourth-order valence-electron chi connectivity index (χ4n) is 1.10. The van der Waals surface area contributed by atoms with Crippen LogP contribution in [0.25, 0.3) is 0 Å². The van der Waals surface area contributed by atoms with Gasteiger partial charge in [-0.25, -0.2) is 0 Å². The van der Waals surface area contributed by atoms with Crippen LogP contribution < -0.4 is 5.46 Å². The van der Waals surface area contributed by atoms with Crippen LogP contribution in [0.1, 0.15) is 12.5 Å². The van der Waals surface area contributed by atoms with Gasteiger partial charge >= 0.3 is 14.8 Å². The summed E-state index contributed by atoms with van der Waals surface area (Å²) in [6.07, 6.45) is 0.906. The molecule has 0 aromatic heterocycles. The fourth-order valence-corrected chi connectivity index (χ4v) is 1.10. The third kappa shape index (κ3) is 2.88. The summed E-state index contributed by atoms with van der Waals surface area (Å²) in [7, 11) is -0.597. The summed E-state index contributed by atoms with van der Waals surface area (Å²) in [5.74, 6) is 0. The molecule has 1 aromatic carbocycles. The minimum atomic E-state index is -1.09. The Morgan fingerprint density at radius 2 is 2.31 bits per heavy atom. The van der Waals surface area contributed by atoms with Gasteiger partial charge in [0, 0.05) is 0 Å². The highest BCUT2D eigenvalue weighted by atomic mass is 16.5. The van der Waals surface area contributed by atoms with E-state index in [9.17, 15) is 5.02 Å². The van der Waals surface area contributed by atoms with Gasteiger partial charge < -0.3 is 14.6 Å². The van der Waals surface area contributed by atoms with Crippen molar-refractivity contribution in [3.05, 3.63) is 29.8 Å². The topological polar surface area (TPSA) is 49.7 Å². The summed E-state index contributed by atoms with van der Waals surface area (Å²) in [6, 6.07) is 7.40. The Morgan fingerprint density at radius 1 is 1.54 bits per heavy atom. The molecule has 0 aliphatic heterocycles. The molecule has 0 aliphatic carbocycles. The molecule has 3 nitrogen and oxygen atoms in total. The molecule has 0 aliphatic rings. The van der Waals surface area contributed by atoms with Gasteiger partial charge in [-0.2, -0.15) is 0 Å². The average molecular weight is 177 g/mol. The lowest BCUT2D eigenvalue weighted by atomic mass is 9.77. The van der Waals surface area contributed by atoms with Crippen molar-refractivity contribution in [2.24, 2.45) is 0 Å². The van der Waals surface area contributed by atoms with E-state index in [0.717, 1.165) is 12.0 Å². The van der Waals surface area contributed by atoms with Gasteiger partial charge in [0.1, 0.15) is 0 Å². The molecule has 0 saturated heterocycles. The van der Waals surface area contributed by atoms with E-state index in [1.165, 1.54) is 0 Å². The molecule has 2 N–H and O–H groups in total. The molecule has 0 atom stereocenters. The maximum absolute atomic E-state index is 9.33. The molecule has 0 heterocycles. The molecule has 0 saturated carbocycles. The molecular weight excluding hydrogens is 166 g/mol. The Labute approximate surface area is 78.8 Å². The molecule has 1 aromatic rings. The number of benzene rings is 1. The first-order chi connectivity index (χ1) is 6.27. The molecule has 13 heavy (non-hydrogen) atoms. The molecule has 1 radical (unpaired) electrons. The lowest BCUT2D eigenvalue weighted by Crippen LogP contribution is -2.35. The number of hydrogen-bond donors (Lipinski definition) is 2. The summed E-state index contributed by atoms with van der Waals surface area (Å²) in [5, 5.41) is 17.6. The minimum absolute atomic E-state index is 0.489. The zero-order valence-corrected chi connectivity index (χ0v) is 7.47. The van der Waals surface area contributed by atoms with Crippen molar-refractivity contribution in [3.8, 4) is 0 Å². The zero-order valence-electron chi connectivity index (χ0n) is 7.47. The van der Waals surface area contributed by atoms with Crippen molar-refractivity contribution < 1.29 is 14.6 Å². The molecule has 0 fully saturated rings. The lowest BCUT2D eigenvalue weighted by Gasteiger charge is -2.06. The minimum Gasteiger partial charge on any atom is -0.450 e. The molecule has 0 amide bonds. The van der Waals surface area contributed by atoms with Crippen LogP contribution >= 0.6 is 0 Å². The van der Waals surface area contributed by atoms with Crippen molar-refractivity contribution in [3.63, 3.8) is 0 Å². The van der Waals surface area contributed by atoms with Crippen LogP contribution in [-0.2, 0) is 11.0 Å². The summed E-state index contributed by atoms with van der Waals surface area (Å²) < 4.78 is 4.51. The van der Waals surface area contributed by atoms with Gasteiger partial charge in [0.2, 0.25) is 0 Å². The van der Waals surface area contributed by atoms with Crippen molar-refractivity contribution in [2.75, 3.05) is 0 Å². The Hall–Kier alpha value is -0.770. The van der Waals surface area contributed by atoms with Crippen LogP contribution in [0.5, 0.6) is 0 Å². The molecule has 1 rings (SSSR count). The van der Waals surface area contributed by atoms with Gasteiger partial charge in [0.15, 0.2) is 0 Å². The highest BCUT2D eigenvalue weighted by Gasteiger charge is 2.15. The number of aryl methyl sites for hydroxylation is 1. The lowest BCUT2D eigenvalue weighted by molar-refractivity contribution is 0.393. The Kier molecular flexibility index (Phi) is 4.02. The van der Waals surface area contributed by atoms with E-state index in [4.69, 9.17) is 5.02 Å². The van der Waals surface area contributed by atoms with Gasteiger partial charge in [-0.15, -0.1) is 0 Å². The Balaban J connectivity index is 2.75. The standard InChI is InChI=1S/C8H11B2O3/c1-2-7-4-3-5-8(6-7)10(12)13-9-11/h3-6,11-12H,2H2,1H3. The van der Waals surface area contributed by atoms with Gasteiger partial charge in [0.05, 0.1) is 0 Å². The molecule has 0 unspecified atom stereocenters. The Morgan fingerprint density at radius 3 is 2.92 bits per heavy atom. The van der Waals surface area contributed by atoms with E-state index in [1.807, 2.05) is 25.1 Å². The number of hydrogen-bond acceptors (Lipinski definition) is 3. The monoisotopic (exact) mass is 177 g/mol. The average Bonchev–Trinajstić information content (AvgIpc) is 2.18. The highest BCUT2D eigenvalue weighted by Crippen LogP contribution is 1.98. The first-order valence-corrected chi connectivity index (χ1v) is 4.16. The zero-order chi connectivity index (χ0) is 9.68. The Bertz CT molecular complexity index is 267. The van der Waals surface area contributed by atoms with Crippen molar-refractivity contribution in [1.82, 2.24) is 0 Å². The summed E-state index contributed by atoms with van der Waals surface area (Å²) in [6.45, 7) is 2.03. The first-order valence-electron chi connectivity index (χ1n) is 4.16. The summed E-state index contributed by atoms with van der Waals surface area (Å²) in [5.41, 5.74) is 1.77. The predicted octanol–water partition coefficient (Wildman–Crippen LogP) is -0.520. The second-order valence-corrected chi connectivity index (χ2v) is 2.69. The van der Waals surface area contributed by atoms with Crippen LogP contribution in [0, 0.1) is 0 Å². The van der Waals surface area contributed by atoms with Crippen LogP contribution in [0.4, 0.5) is 0 Å². The van der Waals surface area contributed by atoms with Gasteiger partial charge in [-0.1, -0.05) is 31.2 Å².